The number of rotatable bonds is 3. The van der Waals surface area contributed by atoms with Crippen molar-refractivity contribution >= 4 is 5.82 Å². The summed E-state index contributed by atoms with van der Waals surface area (Å²) >= 11 is 0. The van der Waals surface area contributed by atoms with Crippen LogP contribution in [0.25, 0.3) is 0 Å². The number of nitrogen functional groups attached to an aromatic ring is 1. The number of nitrogens with two attached hydrogens (primary N) is 1. The molecule has 0 unspecified atom stereocenters. The summed E-state index contributed by atoms with van der Waals surface area (Å²) in [7, 11) is 0. The Balaban J connectivity index is 2.30. The van der Waals surface area contributed by atoms with Crippen molar-refractivity contribution in [2.75, 3.05) is 5.73 Å². The molecular formula is C13H12F2N2O. The molecule has 18 heavy (non-hydrogen) atoms. The highest BCUT2D eigenvalue weighted by atomic mass is 19.1. The van der Waals surface area contributed by atoms with Gasteiger partial charge in [-0.15, -0.1) is 0 Å². The molecule has 0 aliphatic carbocycles. The van der Waals surface area contributed by atoms with Crippen molar-refractivity contribution in [2.24, 2.45) is 0 Å². The summed E-state index contributed by atoms with van der Waals surface area (Å²) < 4.78 is 31.6. The number of ether oxygens (including phenoxy) is 1. The second-order valence-electron chi connectivity index (χ2n) is 3.75. The zero-order valence-corrected chi connectivity index (χ0v) is 9.78. The number of hydrogen-bond donors (Lipinski definition) is 1. The number of nitrogens with zero attached hydrogens (tertiary/aromatic N) is 1. The van der Waals surface area contributed by atoms with Crippen molar-refractivity contribution < 1.29 is 13.5 Å². The van der Waals surface area contributed by atoms with E-state index in [4.69, 9.17) is 10.5 Å². The maximum atomic E-state index is 13.4. The Kier molecular flexibility index (Phi) is 3.41. The molecule has 0 saturated heterocycles. The van der Waals surface area contributed by atoms with Crippen LogP contribution in [0.3, 0.4) is 0 Å². The number of halogens is 2. The van der Waals surface area contributed by atoms with E-state index in [1.165, 1.54) is 0 Å². The van der Waals surface area contributed by atoms with Gasteiger partial charge < -0.3 is 10.5 Å². The molecule has 1 aromatic carbocycles. The number of pyridine rings is 1. The van der Waals surface area contributed by atoms with Crippen LogP contribution in [-0.4, -0.2) is 4.98 Å². The zero-order chi connectivity index (χ0) is 13.1. The summed E-state index contributed by atoms with van der Waals surface area (Å²) in [5.74, 6) is -2.07. The van der Waals surface area contributed by atoms with Gasteiger partial charge in [-0.2, -0.15) is 4.98 Å². The van der Waals surface area contributed by atoms with Crippen molar-refractivity contribution in [3.63, 3.8) is 0 Å². The Morgan fingerprint density at radius 2 is 2.00 bits per heavy atom. The van der Waals surface area contributed by atoms with Gasteiger partial charge in [-0.05, 0) is 24.1 Å². The van der Waals surface area contributed by atoms with Crippen molar-refractivity contribution in [3.05, 3.63) is 47.5 Å². The fraction of sp³-hybridized carbons (Fsp3) is 0.154. The lowest BCUT2D eigenvalue weighted by molar-refractivity contribution is 0.418. The van der Waals surface area contributed by atoms with Gasteiger partial charge in [0.25, 0.3) is 5.88 Å². The highest BCUT2D eigenvalue weighted by Crippen LogP contribution is 2.25. The molecule has 3 nitrogen and oxygen atoms in total. The van der Waals surface area contributed by atoms with Crippen molar-refractivity contribution in [1.82, 2.24) is 4.98 Å². The normalized spacial score (nSPS) is 10.4. The van der Waals surface area contributed by atoms with Crippen LogP contribution in [0.15, 0.2) is 30.3 Å². The van der Waals surface area contributed by atoms with E-state index in [-0.39, 0.29) is 5.88 Å². The lowest BCUT2D eigenvalue weighted by Gasteiger charge is -2.07. The van der Waals surface area contributed by atoms with Crippen LogP contribution in [0, 0.1) is 11.6 Å². The second-order valence-corrected chi connectivity index (χ2v) is 3.75. The Bertz CT molecular complexity index is 573. The maximum Gasteiger partial charge on any atom is 0.258 e. The van der Waals surface area contributed by atoms with Crippen LogP contribution in [0.4, 0.5) is 14.6 Å². The van der Waals surface area contributed by atoms with Gasteiger partial charge in [0.05, 0.1) is 0 Å². The average molecular weight is 250 g/mol. The summed E-state index contributed by atoms with van der Waals surface area (Å²) in [6.45, 7) is 1.99. The fourth-order valence-electron chi connectivity index (χ4n) is 1.48. The number of aromatic nitrogens is 1. The molecule has 1 aromatic heterocycles. The first-order chi connectivity index (χ1) is 8.60. The molecule has 0 aliphatic heterocycles. The molecule has 0 fully saturated rings. The molecule has 94 valence electrons. The Morgan fingerprint density at radius 1 is 1.22 bits per heavy atom. The summed E-state index contributed by atoms with van der Waals surface area (Å²) in [5, 5.41) is 0. The fourth-order valence-corrected chi connectivity index (χ4v) is 1.48. The molecule has 0 saturated carbocycles. The summed E-state index contributed by atoms with van der Waals surface area (Å²) in [4.78, 5) is 3.53. The zero-order valence-electron chi connectivity index (χ0n) is 9.78. The van der Waals surface area contributed by atoms with Crippen LogP contribution in [-0.2, 0) is 6.42 Å². The van der Waals surface area contributed by atoms with E-state index in [0.29, 0.717) is 11.8 Å². The van der Waals surface area contributed by atoms with E-state index in [2.05, 4.69) is 4.98 Å². The first-order valence-corrected chi connectivity index (χ1v) is 5.48. The highest BCUT2D eigenvalue weighted by molar-refractivity contribution is 5.37. The molecule has 0 aliphatic rings. The van der Waals surface area contributed by atoms with E-state index in [0.717, 1.165) is 12.0 Å². The van der Waals surface area contributed by atoms with E-state index < -0.39 is 17.5 Å². The third-order valence-corrected chi connectivity index (χ3v) is 2.45. The molecular weight excluding hydrogens is 238 g/mol. The summed E-state index contributed by atoms with van der Waals surface area (Å²) in [6.07, 6.45) is 0.832. The largest absolute Gasteiger partial charge is 0.436 e. The minimum absolute atomic E-state index is 0.331. The van der Waals surface area contributed by atoms with Crippen molar-refractivity contribution in [1.29, 1.82) is 0 Å². The van der Waals surface area contributed by atoms with Crippen LogP contribution < -0.4 is 10.5 Å². The van der Waals surface area contributed by atoms with Crippen LogP contribution in [0.5, 0.6) is 11.6 Å². The van der Waals surface area contributed by atoms with E-state index in [9.17, 15) is 8.78 Å². The standard InChI is InChI=1S/C13H12F2N2O/c1-2-8-4-3-5-9(6-8)18-13-11(15)7-10(14)12(16)17-13/h3-7H,2H2,1H3,(H2,16,17). The lowest BCUT2D eigenvalue weighted by Crippen LogP contribution is -2.00. The topological polar surface area (TPSA) is 48.1 Å². The third-order valence-electron chi connectivity index (χ3n) is 2.45. The molecule has 0 bridgehead atoms. The van der Waals surface area contributed by atoms with Gasteiger partial charge in [-0.1, -0.05) is 19.1 Å². The first-order valence-electron chi connectivity index (χ1n) is 5.48. The number of benzene rings is 1. The third kappa shape index (κ3) is 2.56. The van der Waals surface area contributed by atoms with Crippen molar-refractivity contribution in [2.45, 2.75) is 13.3 Å². The minimum Gasteiger partial charge on any atom is -0.436 e. The number of anilines is 1. The molecule has 0 spiro atoms. The average Bonchev–Trinajstić information content (AvgIpc) is 2.36. The maximum absolute atomic E-state index is 13.4. The van der Waals surface area contributed by atoms with Gasteiger partial charge in [0.15, 0.2) is 17.5 Å². The highest BCUT2D eigenvalue weighted by Gasteiger charge is 2.11. The molecule has 2 N–H and O–H groups in total. The van der Waals surface area contributed by atoms with Gasteiger partial charge in [0.1, 0.15) is 5.75 Å². The quantitative estimate of drug-likeness (QED) is 0.909. The second kappa shape index (κ2) is 5.00. The molecule has 5 heteroatoms. The van der Waals surface area contributed by atoms with E-state index >= 15 is 0 Å². The van der Waals surface area contributed by atoms with Crippen LogP contribution >= 0.6 is 0 Å². The Labute approximate surface area is 103 Å². The van der Waals surface area contributed by atoms with Gasteiger partial charge in [-0.3, -0.25) is 0 Å². The first kappa shape index (κ1) is 12.3. The molecule has 2 rings (SSSR count). The van der Waals surface area contributed by atoms with Crippen LogP contribution in [0.1, 0.15) is 12.5 Å². The van der Waals surface area contributed by atoms with Gasteiger partial charge >= 0.3 is 0 Å². The molecule has 0 atom stereocenters. The molecule has 2 aromatic rings. The monoisotopic (exact) mass is 250 g/mol. The van der Waals surface area contributed by atoms with Gasteiger partial charge in [-0.25, -0.2) is 8.78 Å². The number of aryl methyl sites for hydroxylation is 1. The predicted octanol–water partition coefficient (Wildman–Crippen LogP) is 3.30. The molecule has 0 amide bonds. The molecule has 0 radical (unpaired) electrons. The van der Waals surface area contributed by atoms with Gasteiger partial charge in [0, 0.05) is 6.07 Å². The van der Waals surface area contributed by atoms with Crippen LogP contribution in [0.2, 0.25) is 0 Å². The van der Waals surface area contributed by atoms with Crippen molar-refractivity contribution in [3.8, 4) is 11.6 Å². The smallest absolute Gasteiger partial charge is 0.258 e. The summed E-state index contributed by atoms with van der Waals surface area (Å²) in [5.41, 5.74) is 6.31. The number of hydrogen-bond acceptors (Lipinski definition) is 3. The van der Waals surface area contributed by atoms with E-state index in [1.807, 2.05) is 13.0 Å². The Morgan fingerprint density at radius 3 is 2.72 bits per heavy atom. The lowest BCUT2D eigenvalue weighted by atomic mass is 10.2. The summed E-state index contributed by atoms with van der Waals surface area (Å²) in [6, 6.07) is 7.80. The predicted molar refractivity (Wildman–Crippen MR) is 64.5 cm³/mol. The van der Waals surface area contributed by atoms with E-state index in [1.54, 1.807) is 18.2 Å². The Hall–Kier alpha value is -2.17. The van der Waals surface area contributed by atoms with Gasteiger partial charge in [0.2, 0.25) is 0 Å². The SMILES string of the molecule is CCc1cccc(Oc2nc(N)c(F)cc2F)c1. The molecule has 1 heterocycles. The minimum atomic E-state index is -0.901.